The van der Waals surface area contributed by atoms with Gasteiger partial charge >= 0.3 is 0 Å². The van der Waals surface area contributed by atoms with E-state index in [1.165, 1.54) is 12.1 Å². The van der Waals surface area contributed by atoms with Crippen LogP contribution in [0.15, 0.2) is 34.9 Å². The van der Waals surface area contributed by atoms with E-state index in [2.05, 4.69) is 26.3 Å². The molecule has 18 heavy (non-hydrogen) atoms. The summed E-state index contributed by atoms with van der Waals surface area (Å²) in [5, 5.41) is 6.74. The number of aryl methyl sites for hydroxylation is 1. The second kappa shape index (κ2) is 5.30. The van der Waals surface area contributed by atoms with Gasteiger partial charge in [0, 0.05) is 18.8 Å². The second-order valence-corrected chi connectivity index (χ2v) is 4.41. The molecular weight excluding hydrogens is 301 g/mol. The molecule has 0 aliphatic carbocycles. The number of nitrogens with one attached hydrogen (secondary N) is 1. The fraction of sp³-hybridized carbons (Fsp3) is 0.167. The lowest BCUT2D eigenvalue weighted by Crippen LogP contribution is -2.13. The van der Waals surface area contributed by atoms with Crippen molar-refractivity contribution >= 4 is 27.7 Å². The van der Waals surface area contributed by atoms with Gasteiger partial charge in [0.2, 0.25) is 0 Å². The second-order valence-electron chi connectivity index (χ2n) is 3.61. The summed E-state index contributed by atoms with van der Waals surface area (Å²) in [6, 6.07) is 6.00. The van der Waals surface area contributed by atoms with Crippen LogP contribution in [-0.4, -0.2) is 15.7 Å². The van der Waals surface area contributed by atoms with Crippen LogP contribution < -0.4 is 5.32 Å². The van der Waals surface area contributed by atoms with E-state index in [-0.39, 0.29) is 10.0 Å². The Morgan fingerprint density at radius 1 is 1.50 bits per heavy atom. The molecule has 0 bridgehead atoms. The largest absolute Gasteiger partial charge is 0.305 e. The number of rotatable bonds is 3. The molecule has 6 heteroatoms. The first kappa shape index (κ1) is 12.8. The number of carbonyl (C=O) groups excluding carboxylic acids is 1. The van der Waals surface area contributed by atoms with Gasteiger partial charge in [-0.15, -0.1) is 0 Å². The van der Waals surface area contributed by atoms with E-state index in [4.69, 9.17) is 0 Å². The minimum Gasteiger partial charge on any atom is -0.305 e. The average Bonchev–Trinajstić information content (AvgIpc) is 2.80. The van der Waals surface area contributed by atoms with Crippen LogP contribution in [0.25, 0.3) is 0 Å². The average molecular weight is 312 g/mol. The van der Waals surface area contributed by atoms with Gasteiger partial charge in [-0.3, -0.25) is 9.48 Å². The van der Waals surface area contributed by atoms with Crippen molar-refractivity contribution in [2.24, 2.45) is 0 Å². The molecule has 0 aliphatic heterocycles. The molecular formula is C12H11BrFN3O. The summed E-state index contributed by atoms with van der Waals surface area (Å²) in [6.07, 6.45) is 1.76. The lowest BCUT2D eigenvalue weighted by atomic mass is 10.2. The number of carbonyl (C=O) groups is 1. The predicted molar refractivity (Wildman–Crippen MR) is 70.0 cm³/mol. The summed E-state index contributed by atoms with van der Waals surface area (Å²) in [7, 11) is 0. The Hall–Kier alpha value is -1.69. The Labute approximate surface area is 112 Å². The van der Waals surface area contributed by atoms with Crippen LogP contribution in [0.2, 0.25) is 0 Å². The summed E-state index contributed by atoms with van der Waals surface area (Å²) in [6.45, 7) is 2.67. The molecule has 0 atom stereocenters. The van der Waals surface area contributed by atoms with Crippen molar-refractivity contribution in [2.75, 3.05) is 5.32 Å². The summed E-state index contributed by atoms with van der Waals surface area (Å²) >= 11 is 3.05. The van der Waals surface area contributed by atoms with Gasteiger partial charge in [-0.2, -0.15) is 5.10 Å². The molecule has 0 aliphatic rings. The zero-order valence-electron chi connectivity index (χ0n) is 9.65. The van der Waals surface area contributed by atoms with Gasteiger partial charge in [0.15, 0.2) is 5.82 Å². The Kier molecular flexibility index (Phi) is 3.76. The van der Waals surface area contributed by atoms with E-state index >= 15 is 0 Å². The number of anilines is 1. The van der Waals surface area contributed by atoms with Crippen molar-refractivity contribution in [3.63, 3.8) is 0 Å². The first-order valence-electron chi connectivity index (χ1n) is 5.40. The summed E-state index contributed by atoms with van der Waals surface area (Å²) in [5.41, 5.74) is 0.237. The molecule has 2 aromatic rings. The highest BCUT2D eigenvalue weighted by molar-refractivity contribution is 9.10. The maximum absolute atomic E-state index is 13.3. The molecule has 1 aromatic heterocycles. The SMILES string of the molecule is CCn1ccc(NC(=O)c2cccc(F)c2Br)n1. The molecule has 0 saturated carbocycles. The maximum Gasteiger partial charge on any atom is 0.258 e. The van der Waals surface area contributed by atoms with Crippen LogP contribution in [0, 0.1) is 5.82 Å². The first-order valence-corrected chi connectivity index (χ1v) is 6.20. The van der Waals surface area contributed by atoms with E-state index in [0.29, 0.717) is 5.82 Å². The van der Waals surface area contributed by atoms with E-state index in [9.17, 15) is 9.18 Å². The Morgan fingerprint density at radius 3 is 2.94 bits per heavy atom. The molecule has 94 valence electrons. The summed E-state index contributed by atoms with van der Waals surface area (Å²) in [4.78, 5) is 11.9. The molecule has 4 nitrogen and oxygen atoms in total. The highest BCUT2D eigenvalue weighted by Crippen LogP contribution is 2.21. The third kappa shape index (κ3) is 2.59. The van der Waals surface area contributed by atoms with Gasteiger partial charge in [0.05, 0.1) is 10.0 Å². The molecule has 1 amide bonds. The van der Waals surface area contributed by atoms with Gasteiger partial charge in [-0.1, -0.05) is 6.07 Å². The fourth-order valence-electron chi connectivity index (χ4n) is 1.47. The van der Waals surface area contributed by atoms with Gasteiger partial charge in [-0.25, -0.2) is 4.39 Å². The number of halogens is 2. The third-order valence-electron chi connectivity index (χ3n) is 2.40. The van der Waals surface area contributed by atoms with Gasteiger partial charge < -0.3 is 5.32 Å². The van der Waals surface area contributed by atoms with E-state index in [1.54, 1.807) is 23.0 Å². The zero-order valence-corrected chi connectivity index (χ0v) is 11.2. The Morgan fingerprint density at radius 2 is 2.28 bits per heavy atom. The standard InChI is InChI=1S/C12H11BrFN3O/c1-2-17-7-6-10(16-17)15-12(18)8-4-3-5-9(14)11(8)13/h3-7H,2H2,1H3,(H,15,16,18). The van der Waals surface area contributed by atoms with Crippen molar-refractivity contribution in [3.05, 3.63) is 46.3 Å². The zero-order chi connectivity index (χ0) is 13.1. The number of amides is 1. The minimum absolute atomic E-state index is 0.150. The van der Waals surface area contributed by atoms with Gasteiger partial charge in [0.25, 0.3) is 5.91 Å². The molecule has 0 radical (unpaired) electrons. The molecule has 1 heterocycles. The number of aromatic nitrogens is 2. The van der Waals surface area contributed by atoms with Crippen LogP contribution in [0.5, 0.6) is 0 Å². The van der Waals surface area contributed by atoms with Crippen molar-refractivity contribution in [3.8, 4) is 0 Å². The molecule has 1 N–H and O–H groups in total. The van der Waals surface area contributed by atoms with Crippen LogP contribution >= 0.6 is 15.9 Å². The molecule has 0 fully saturated rings. The van der Waals surface area contributed by atoms with Gasteiger partial charge in [-0.05, 0) is 35.0 Å². The van der Waals surface area contributed by atoms with Crippen molar-refractivity contribution in [2.45, 2.75) is 13.5 Å². The number of nitrogens with zero attached hydrogens (tertiary/aromatic N) is 2. The highest BCUT2D eigenvalue weighted by Gasteiger charge is 2.13. The van der Waals surface area contributed by atoms with E-state index < -0.39 is 11.7 Å². The smallest absolute Gasteiger partial charge is 0.258 e. The van der Waals surface area contributed by atoms with Gasteiger partial charge in [0.1, 0.15) is 5.82 Å². The molecule has 0 spiro atoms. The fourth-order valence-corrected chi connectivity index (χ4v) is 1.91. The summed E-state index contributed by atoms with van der Waals surface area (Å²) in [5.74, 6) is -0.428. The Bertz CT molecular complexity index is 582. The van der Waals surface area contributed by atoms with Crippen LogP contribution in [0.4, 0.5) is 10.2 Å². The maximum atomic E-state index is 13.3. The number of hydrogen-bond donors (Lipinski definition) is 1. The normalized spacial score (nSPS) is 10.4. The Balaban J connectivity index is 2.19. The molecule has 1 aromatic carbocycles. The minimum atomic E-state index is -0.471. The lowest BCUT2D eigenvalue weighted by molar-refractivity contribution is 0.102. The van der Waals surface area contributed by atoms with Crippen LogP contribution in [0.3, 0.4) is 0 Å². The summed E-state index contributed by atoms with van der Waals surface area (Å²) < 4.78 is 15.1. The van der Waals surface area contributed by atoms with Crippen molar-refractivity contribution in [1.29, 1.82) is 0 Å². The van der Waals surface area contributed by atoms with Crippen molar-refractivity contribution in [1.82, 2.24) is 9.78 Å². The topological polar surface area (TPSA) is 46.9 Å². The molecule has 0 saturated heterocycles. The highest BCUT2D eigenvalue weighted by atomic mass is 79.9. The lowest BCUT2D eigenvalue weighted by Gasteiger charge is -2.05. The number of benzene rings is 1. The quantitative estimate of drug-likeness (QED) is 0.947. The van der Waals surface area contributed by atoms with Crippen molar-refractivity contribution < 1.29 is 9.18 Å². The molecule has 0 unspecified atom stereocenters. The molecule has 2 rings (SSSR count). The van der Waals surface area contributed by atoms with E-state index in [0.717, 1.165) is 6.54 Å². The van der Waals surface area contributed by atoms with E-state index in [1.807, 2.05) is 6.92 Å². The van der Waals surface area contributed by atoms with Crippen LogP contribution in [-0.2, 0) is 6.54 Å². The number of hydrogen-bond acceptors (Lipinski definition) is 2. The third-order valence-corrected chi connectivity index (χ3v) is 3.21. The first-order chi connectivity index (χ1) is 8.61. The predicted octanol–water partition coefficient (Wildman–Crippen LogP) is 3.06. The monoisotopic (exact) mass is 311 g/mol. The van der Waals surface area contributed by atoms with Crippen LogP contribution in [0.1, 0.15) is 17.3 Å².